The van der Waals surface area contributed by atoms with Crippen LogP contribution in [0.25, 0.3) is 0 Å². The van der Waals surface area contributed by atoms with Gasteiger partial charge in [-0.25, -0.2) is 0 Å². The highest BCUT2D eigenvalue weighted by Crippen LogP contribution is 2.23. The Morgan fingerprint density at radius 3 is 1.96 bits per heavy atom. The summed E-state index contributed by atoms with van der Waals surface area (Å²) in [7, 11) is 0. The molecule has 0 fully saturated rings. The average Bonchev–Trinajstić information content (AvgIpc) is 2.91. The quantitative estimate of drug-likeness (QED) is 0.456. The van der Waals surface area contributed by atoms with E-state index in [-0.39, 0.29) is 11.8 Å². The second kappa shape index (κ2) is 9.05. The number of unbranched alkanes of at least 4 members (excludes halogenated alkanes) is 2. The fraction of sp³-hybridized carbons (Fsp3) is 0.417. The molecule has 2 aromatic rings. The lowest BCUT2D eigenvalue weighted by molar-refractivity contribution is 0.0652. The van der Waals surface area contributed by atoms with Crippen LogP contribution >= 0.6 is 0 Å². The smallest absolute Gasteiger partial charge is 0.261 e. The van der Waals surface area contributed by atoms with Gasteiger partial charge in [-0.3, -0.25) is 14.5 Å². The summed E-state index contributed by atoms with van der Waals surface area (Å²) in [5.74, 6) is -0.310. The van der Waals surface area contributed by atoms with Crippen molar-refractivity contribution in [2.24, 2.45) is 0 Å². The first-order chi connectivity index (χ1) is 13.5. The number of aryl methyl sites for hydroxylation is 2. The highest BCUT2D eigenvalue weighted by molar-refractivity contribution is 6.21. The average molecular weight is 379 g/mol. The topological polar surface area (TPSA) is 40.6 Å². The third kappa shape index (κ3) is 4.44. The number of rotatable bonds is 9. The highest BCUT2D eigenvalue weighted by Gasteiger charge is 2.34. The highest BCUT2D eigenvalue weighted by atomic mass is 16.2. The van der Waals surface area contributed by atoms with Gasteiger partial charge in [0.05, 0.1) is 11.1 Å². The van der Waals surface area contributed by atoms with Crippen LogP contribution in [0.15, 0.2) is 42.5 Å². The maximum atomic E-state index is 12.5. The van der Waals surface area contributed by atoms with Gasteiger partial charge < -0.3 is 4.90 Å². The standard InChI is InChI=1S/C24H30N2O2/c1-4-5-12-25(20-16-18(2)15-19(3)17-20)13-8-9-14-26-23(27)21-10-6-7-11-22(21)24(26)28/h6-7,10-11,15-17H,4-5,8-9,12-14H2,1-3H3. The minimum atomic E-state index is -0.155. The molecular weight excluding hydrogens is 348 g/mol. The molecule has 148 valence electrons. The predicted octanol–water partition coefficient (Wildman–Crippen LogP) is 4.99. The van der Waals surface area contributed by atoms with Gasteiger partial charge in [0.15, 0.2) is 0 Å². The zero-order valence-electron chi connectivity index (χ0n) is 17.2. The van der Waals surface area contributed by atoms with E-state index in [1.807, 2.05) is 12.1 Å². The van der Waals surface area contributed by atoms with Crippen LogP contribution < -0.4 is 4.90 Å². The van der Waals surface area contributed by atoms with Crippen LogP contribution in [0.3, 0.4) is 0 Å². The van der Waals surface area contributed by atoms with E-state index in [1.54, 1.807) is 12.1 Å². The molecule has 0 N–H and O–H groups in total. The third-order valence-electron chi connectivity index (χ3n) is 5.29. The molecule has 1 heterocycles. The molecule has 1 aliphatic rings. The summed E-state index contributed by atoms with van der Waals surface area (Å²) in [5, 5.41) is 0. The molecule has 0 saturated carbocycles. The Balaban J connectivity index is 1.58. The van der Waals surface area contributed by atoms with E-state index in [2.05, 4.69) is 43.9 Å². The molecule has 4 heteroatoms. The van der Waals surface area contributed by atoms with E-state index in [1.165, 1.54) is 21.7 Å². The Morgan fingerprint density at radius 1 is 0.821 bits per heavy atom. The molecule has 0 atom stereocenters. The summed E-state index contributed by atoms with van der Waals surface area (Å²) in [6.45, 7) is 8.94. The van der Waals surface area contributed by atoms with Gasteiger partial charge in [0, 0.05) is 25.3 Å². The molecular formula is C24H30N2O2. The van der Waals surface area contributed by atoms with Gasteiger partial charge >= 0.3 is 0 Å². The summed E-state index contributed by atoms with van der Waals surface area (Å²) in [4.78, 5) is 28.8. The zero-order valence-corrected chi connectivity index (χ0v) is 17.2. The van der Waals surface area contributed by atoms with Crippen LogP contribution in [0.5, 0.6) is 0 Å². The molecule has 0 aromatic heterocycles. The van der Waals surface area contributed by atoms with Crippen molar-refractivity contribution in [3.05, 3.63) is 64.7 Å². The van der Waals surface area contributed by atoms with Crippen molar-refractivity contribution in [1.29, 1.82) is 0 Å². The fourth-order valence-corrected chi connectivity index (χ4v) is 3.87. The van der Waals surface area contributed by atoms with Crippen molar-refractivity contribution in [2.45, 2.75) is 46.5 Å². The first-order valence-corrected chi connectivity index (χ1v) is 10.3. The van der Waals surface area contributed by atoms with Gasteiger partial charge in [-0.05, 0) is 68.5 Å². The third-order valence-corrected chi connectivity index (χ3v) is 5.29. The summed E-state index contributed by atoms with van der Waals surface area (Å²) in [6.07, 6.45) is 4.09. The molecule has 0 spiro atoms. The summed E-state index contributed by atoms with van der Waals surface area (Å²) in [6, 6.07) is 13.8. The van der Waals surface area contributed by atoms with Crippen LogP contribution in [0.2, 0.25) is 0 Å². The second-order valence-electron chi connectivity index (χ2n) is 7.70. The number of carbonyl (C=O) groups is 2. The first-order valence-electron chi connectivity index (χ1n) is 10.3. The van der Waals surface area contributed by atoms with Gasteiger partial charge in [-0.15, -0.1) is 0 Å². The number of carbonyl (C=O) groups excluding carboxylic acids is 2. The minimum absolute atomic E-state index is 0.155. The molecule has 28 heavy (non-hydrogen) atoms. The molecule has 2 aromatic carbocycles. The molecule has 4 nitrogen and oxygen atoms in total. The van der Waals surface area contributed by atoms with Crippen LogP contribution in [0.1, 0.15) is 64.4 Å². The Hall–Kier alpha value is -2.62. The van der Waals surface area contributed by atoms with Gasteiger partial charge in [0.25, 0.3) is 11.8 Å². The van der Waals surface area contributed by atoms with Gasteiger partial charge in [-0.2, -0.15) is 0 Å². The Morgan fingerprint density at radius 2 is 1.39 bits per heavy atom. The molecule has 0 aliphatic carbocycles. The van der Waals surface area contributed by atoms with E-state index in [9.17, 15) is 9.59 Å². The minimum Gasteiger partial charge on any atom is -0.372 e. The van der Waals surface area contributed by atoms with Crippen molar-refractivity contribution in [2.75, 3.05) is 24.5 Å². The lowest BCUT2D eigenvalue weighted by atomic mass is 10.1. The van der Waals surface area contributed by atoms with Gasteiger partial charge in [-0.1, -0.05) is 31.5 Å². The molecule has 2 amide bonds. The molecule has 0 radical (unpaired) electrons. The van der Waals surface area contributed by atoms with Crippen molar-refractivity contribution in [3.8, 4) is 0 Å². The maximum absolute atomic E-state index is 12.5. The number of fused-ring (bicyclic) bond motifs is 1. The fourth-order valence-electron chi connectivity index (χ4n) is 3.87. The Kier molecular flexibility index (Phi) is 6.50. The van der Waals surface area contributed by atoms with Crippen LogP contribution in [-0.4, -0.2) is 36.3 Å². The lowest BCUT2D eigenvalue weighted by Crippen LogP contribution is -2.32. The monoisotopic (exact) mass is 378 g/mol. The normalized spacial score (nSPS) is 13.2. The van der Waals surface area contributed by atoms with E-state index >= 15 is 0 Å². The summed E-state index contributed by atoms with van der Waals surface area (Å²) in [5.41, 5.74) is 4.90. The number of hydrogen-bond acceptors (Lipinski definition) is 3. The number of amides is 2. The van der Waals surface area contributed by atoms with E-state index in [0.29, 0.717) is 17.7 Å². The predicted molar refractivity (Wildman–Crippen MR) is 114 cm³/mol. The number of hydrogen-bond donors (Lipinski definition) is 0. The number of benzene rings is 2. The van der Waals surface area contributed by atoms with Crippen LogP contribution in [-0.2, 0) is 0 Å². The number of anilines is 1. The van der Waals surface area contributed by atoms with E-state index in [4.69, 9.17) is 0 Å². The SMILES string of the molecule is CCCCN(CCCCN1C(=O)c2ccccc2C1=O)c1cc(C)cc(C)c1. The van der Waals surface area contributed by atoms with Crippen LogP contribution in [0, 0.1) is 13.8 Å². The largest absolute Gasteiger partial charge is 0.372 e. The Bertz CT molecular complexity index is 804. The number of nitrogens with zero attached hydrogens (tertiary/aromatic N) is 2. The van der Waals surface area contributed by atoms with Crippen molar-refractivity contribution in [1.82, 2.24) is 4.90 Å². The Labute approximate surface area is 168 Å². The van der Waals surface area contributed by atoms with Crippen molar-refractivity contribution in [3.63, 3.8) is 0 Å². The first kappa shape index (κ1) is 20.1. The molecule has 1 aliphatic heterocycles. The van der Waals surface area contributed by atoms with E-state index in [0.717, 1.165) is 38.8 Å². The molecule has 3 rings (SSSR count). The second-order valence-corrected chi connectivity index (χ2v) is 7.70. The van der Waals surface area contributed by atoms with Crippen LogP contribution in [0.4, 0.5) is 5.69 Å². The van der Waals surface area contributed by atoms with Crippen molar-refractivity contribution < 1.29 is 9.59 Å². The zero-order chi connectivity index (χ0) is 20.1. The molecule has 0 bridgehead atoms. The van der Waals surface area contributed by atoms with Crippen molar-refractivity contribution >= 4 is 17.5 Å². The molecule has 0 saturated heterocycles. The molecule has 0 unspecified atom stereocenters. The van der Waals surface area contributed by atoms with E-state index < -0.39 is 0 Å². The lowest BCUT2D eigenvalue weighted by Gasteiger charge is -2.26. The summed E-state index contributed by atoms with van der Waals surface area (Å²) < 4.78 is 0. The van der Waals surface area contributed by atoms with Gasteiger partial charge in [0.2, 0.25) is 0 Å². The van der Waals surface area contributed by atoms with Gasteiger partial charge in [0.1, 0.15) is 0 Å². The maximum Gasteiger partial charge on any atom is 0.261 e. The number of imide groups is 1. The summed E-state index contributed by atoms with van der Waals surface area (Å²) >= 11 is 0.